The Morgan fingerprint density at radius 3 is 3.00 bits per heavy atom. The lowest BCUT2D eigenvalue weighted by Gasteiger charge is -2.10. The van der Waals surface area contributed by atoms with Gasteiger partial charge in [-0.15, -0.1) is 0 Å². The van der Waals surface area contributed by atoms with E-state index in [4.69, 9.17) is 4.74 Å². The minimum absolute atomic E-state index is 0.698. The lowest BCUT2D eigenvalue weighted by Crippen LogP contribution is -2.17. The molecule has 0 amide bonds. The van der Waals surface area contributed by atoms with Crippen LogP contribution in [-0.2, 0) is 13.0 Å². The van der Waals surface area contributed by atoms with Crippen molar-refractivity contribution in [3.05, 3.63) is 48.0 Å². The molecule has 0 aliphatic heterocycles. The molecule has 2 N–H and O–H groups in total. The highest BCUT2D eigenvalue weighted by Gasteiger charge is 2.01. The van der Waals surface area contributed by atoms with Gasteiger partial charge in [0.15, 0.2) is 0 Å². The monoisotopic (exact) mass is 245 g/mol. The van der Waals surface area contributed by atoms with Gasteiger partial charge >= 0.3 is 0 Å². The highest BCUT2D eigenvalue weighted by atomic mass is 16.5. The molecule has 0 spiro atoms. The number of hydrogen-bond acceptors (Lipinski definition) is 3. The molecule has 96 valence electrons. The molecule has 0 unspecified atom stereocenters. The molecular weight excluding hydrogens is 226 g/mol. The van der Waals surface area contributed by atoms with E-state index in [2.05, 4.69) is 21.4 Å². The molecule has 0 aliphatic carbocycles. The van der Waals surface area contributed by atoms with Gasteiger partial charge in [0.25, 0.3) is 0 Å². The van der Waals surface area contributed by atoms with Gasteiger partial charge in [-0.2, -0.15) is 0 Å². The van der Waals surface area contributed by atoms with E-state index in [9.17, 15) is 0 Å². The second-order valence-electron chi connectivity index (χ2n) is 4.00. The van der Waals surface area contributed by atoms with Crippen molar-refractivity contribution in [1.29, 1.82) is 0 Å². The number of rotatable bonds is 7. The summed E-state index contributed by atoms with van der Waals surface area (Å²) >= 11 is 0. The molecule has 18 heavy (non-hydrogen) atoms. The van der Waals surface area contributed by atoms with E-state index < -0.39 is 0 Å². The largest absolute Gasteiger partial charge is 0.494 e. The normalized spacial score (nSPS) is 10.5. The Balaban J connectivity index is 1.79. The quantitative estimate of drug-likeness (QED) is 0.735. The summed E-state index contributed by atoms with van der Waals surface area (Å²) in [5.74, 6) is 1.98. The smallest absolute Gasteiger partial charge is 0.123 e. The second kappa shape index (κ2) is 6.81. The number of ether oxygens (including phenoxy) is 1. The van der Waals surface area contributed by atoms with Gasteiger partial charge in [0.1, 0.15) is 11.6 Å². The van der Waals surface area contributed by atoms with Crippen LogP contribution in [0, 0.1) is 0 Å². The van der Waals surface area contributed by atoms with Crippen molar-refractivity contribution < 1.29 is 4.74 Å². The van der Waals surface area contributed by atoms with Crippen molar-refractivity contribution in [1.82, 2.24) is 15.3 Å². The summed E-state index contributed by atoms with van der Waals surface area (Å²) in [6.45, 7) is 4.41. The second-order valence-corrected chi connectivity index (χ2v) is 4.00. The fourth-order valence-corrected chi connectivity index (χ4v) is 1.81. The standard InChI is InChI=1S/C14H19N3O/c1-2-18-13-6-4-3-5-12(13)11-15-8-7-14-16-9-10-17-14/h3-6,9-10,15H,2,7-8,11H2,1H3,(H,16,17). The maximum Gasteiger partial charge on any atom is 0.123 e. The number of benzene rings is 1. The molecular formula is C14H19N3O. The third kappa shape index (κ3) is 3.60. The number of hydrogen-bond donors (Lipinski definition) is 2. The van der Waals surface area contributed by atoms with E-state index in [-0.39, 0.29) is 0 Å². The number of nitrogens with zero attached hydrogens (tertiary/aromatic N) is 1. The zero-order chi connectivity index (χ0) is 12.6. The first-order valence-electron chi connectivity index (χ1n) is 6.30. The summed E-state index contributed by atoms with van der Waals surface area (Å²) in [6.07, 6.45) is 4.53. The van der Waals surface area contributed by atoms with Gasteiger partial charge in [-0.05, 0) is 13.0 Å². The highest BCUT2D eigenvalue weighted by Crippen LogP contribution is 2.17. The maximum atomic E-state index is 5.58. The van der Waals surface area contributed by atoms with Gasteiger partial charge in [0.2, 0.25) is 0 Å². The first kappa shape index (κ1) is 12.6. The van der Waals surface area contributed by atoms with E-state index in [1.54, 1.807) is 6.20 Å². The average molecular weight is 245 g/mol. The molecule has 0 fully saturated rings. The van der Waals surface area contributed by atoms with E-state index in [1.807, 2.05) is 31.3 Å². The summed E-state index contributed by atoms with van der Waals surface area (Å²) in [5, 5.41) is 3.40. The third-order valence-corrected chi connectivity index (χ3v) is 2.68. The minimum atomic E-state index is 0.698. The minimum Gasteiger partial charge on any atom is -0.494 e. The SMILES string of the molecule is CCOc1ccccc1CNCCc1ncc[nH]1. The molecule has 4 heteroatoms. The zero-order valence-corrected chi connectivity index (χ0v) is 10.6. The van der Waals surface area contributed by atoms with Crippen LogP contribution in [0.5, 0.6) is 5.75 Å². The topological polar surface area (TPSA) is 49.9 Å². The maximum absolute atomic E-state index is 5.58. The van der Waals surface area contributed by atoms with Crippen LogP contribution in [0.3, 0.4) is 0 Å². The Hall–Kier alpha value is -1.81. The van der Waals surface area contributed by atoms with E-state index >= 15 is 0 Å². The molecule has 0 aliphatic rings. The van der Waals surface area contributed by atoms with Crippen LogP contribution >= 0.6 is 0 Å². The summed E-state index contributed by atoms with van der Waals surface area (Å²) in [6, 6.07) is 8.13. The molecule has 0 saturated carbocycles. The summed E-state index contributed by atoms with van der Waals surface area (Å²) in [4.78, 5) is 7.28. The van der Waals surface area contributed by atoms with Crippen molar-refractivity contribution in [2.75, 3.05) is 13.2 Å². The fourth-order valence-electron chi connectivity index (χ4n) is 1.81. The number of aromatic amines is 1. The Morgan fingerprint density at radius 2 is 2.22 bits per heavy atom. The molecule has 1 heterocycles. The van der Waals surface area contributed by atoms with Gasteiger partial charge in [0, 0.05) is 37.5 Å². The van der Waals surface area contributed by atoms with Gasteiger partial charge in [-0.1, -0.05) is 18.2 Å². The molecule has 2 rings (SSSR count). The first-order chi connectivity index (χ1) is 8.90. The first-order valence-corrected chi connectivity index (χ1v) is 6.30. The van der Waals surface area contributed by atoms with Crippen molar-refractivity contribution in [2.45, 2.75) is 19.9 Å². The van der Waals surface area contributed by atoms with E-state index in [1.165, 1.54) is 5.56 Å². The molecule has 4 nitrogen and oxygen atoms in total. The Bertz CT molecular complexity index is 454. The molecule has 0 saturated heterocycles. The molecule has 0 atom stereocenters. The number of H-pyrrole nitrogens is 1. The molecule has 1 aromatic carbocycles. The fraction of sp³-hybridized carbons (Fsp3) is 0.357. The van der Waals surface area contributed by atoms with Crippen LogP contribution in [-0.4, -0.2) is 23.1 Å². The van der Waals surface area contributed by atoms with E-state index in [0.29, 0.717) is 6.61 Å². The zero-order valence-electron chi connectivity index (χ0n) is 10.6. The molecule has 2 aromatic rings. The van der Waals surface area contributed by atoms with Crippen LogP contribution < -0.4 is 10.1 Å². The van der Waals surface area contributed by atoms with Gasteiger partial charge < -0.3 is 15.0 Å². The number of nitrogens with one attached hydrogen (secondary N) is 2. The van der Waals surface area contributed by atoms with Crippen molar-refractivity contribution in [3.8, 4) is 5.75 Å². The highest BCUT2D eigenvalue weighted by molar-refractivity contribution is 5.33. The van der Waals surface area contributed by atoms with Crippen LogP contribution in [0.15, 0.2) is 36.7 Å². The summed E-state index contributed by atoms with van der Waals surface area (Å²) in [5.41, 5.74) is 1.19. The number of imidazole rings is 1. The van der Waals surface area contributed by atoms with Crippen LogP contribution in [0.4, 0.5) is 0 Å². The number of para-hydroxylation sites is 1. The van der Waals surface area contributed by atoms with Crippen molar-refractivity contribution in [3.63, 3.8) is 0 Å². The van der Waals surface area contributed by atoms with Crippen molar-refractivity contribution >= 4 is 0 Å². The number of aromatic nitrogens is 2. The third-order valence-electron chi connectivity index (χ3n) is 2.68. The van der Waals surface area contributed by atoms with Crippen LogP contribution in [0.1, 0.15) is 18.3 Å². The predicted molar refractivity (Wildman–Crippen MR) is 71.6 cm³/mol. The Morgan fingerprint density at radius 1 is 1.33 bits per heavy atom. The lowest BCUT2D eigenvalue weighted by molar-refractivity contribution is 0.335. The average Bonchev–Trinajstić information content (AvgIpc) is 2.90. The summed E-state index contributed by atoms with van der Waals surface area (Å²) < 4.78 is 5.58. The molecule has 1 aromatic heterocycles. The molecule has 0 bridgehead atoms. The predicted octanol–water partition coefficient (Wildman–Crippen LogP) is 2.14. The Kier molecular flexibility index (Phi) is 4.78. The summed E-state index contributed by atoms with van der Waals surface area (Å²) in [7, 11) is 0. The molecule has 0 radical (unpaired) electrons. The van der Waals surface area contributed by atoms with Crippen LogP contribution in [0.2, 0.25) is 0 Å². The lowest BCUT2D eigenvalue weighted by atomic mass is 10.2. The van der Waals surface area contributed by atoms with Gasteiger partial charge in [0.05, 0.1) is 6.61 Å². The van der Waals surface area contributed by atoms with Gasteiger partial charge in [-0.3, -0.25) is 0 Å². The van der Waals surface area contributed by atoms with Gasteiger partial charge in [-0.25, -0.2) is 4.98 Å². The van der Waals surface area contributed by atoms with Crippen LogP contribution in [0.25, 0.3) is 0 Å². The Labute approximate surface area is 107 Å². The van der Waals surface area contributed by atoms with Crippen molar-refractivity contribution in [2.24, 2.45) is 0 Å². The van der Waals surface area contributed by atoms with E-state index in [0.717, 1.165) is 31.1 Å².